The van der Waals surface area contributed by atoms with Crippen LogP contribution in [0.4, 0.5) is 18.9 Å². The Bertz CT molecular complexity index is 1100. The van der Waals surface area contributed by atoms with Crippen LogP contribution in [-0.4, -0.2) is 29.1 Å². The van der Waals surface area contributed by atoms with Crippen molar-refractivity contribution in [2.24, 2.45) is 5.73 Å². The highest BCUT2D eigenvalue weighted by molar-refractivity contribution is 7.93. The molecule has 28 heavy (non-hydrogen) atoms. The number of hydrogen-bond acceptors (Lipinski definition) is 5. The zero-order chi connectivity index (χ0) is 21.3. The molecular weight excluding hydrogens is 464 g/mol. The van der Waals surface area contributed by atoms with Crippen molar-refractivity contribution in [1.29, 1.82) is 0 Å². The van der Waals surface area contributed by atoms with E-state index in [9.17, 15) is 30.0 Å². The van der Waals surface area contributed by atoms with Crippen molar-refractivity contribution >= 4 is 48.7 Å². The predicted molar refractivity (Wildman–Crippen MR) is 99.8 cm³/mol. The monoisotopic (exact) mass is 476 g/mol. The topological polar surface area (TPSA) is 106 Å². The zero-order valence-corrected chi connectivity index (χ0v) is 16.9. The maximum absolute atomic E-state index is 13.0. The Balaban J connectivity index is 2.56. The van der Waals surface area contributed by atoms with Gasteiger partial charge in [0.1, 0.15) is 0 Å². The second-order valence-corrected chi connectivity index (χ2v) is 10.1. The third-order valence-electron chi connectivity index (χ3n) is 3.46. The smallest absolute Gasteiger partial charge is 0.329 e. The summed E-state index contributed by atoms with van der Waals surface area (Å²) in [6.07, 6.45) is -4.88. The summed E-state index contributed by atoms with van der Waals surface area (Å²) < 4.78 is 90.6. The van der Waals surface area contributed by atoms with Crippen LogP contribution in [0.3, 0.4) is 0 Å². The van der Waals surface area contributed by atoms with Crippen molar-refractivity contribution in [3.05, 3.63) is 52.0 Å². The minimum Gasteiger partial charge on any atom is -0.329 e. The van der Waals surface area contributed by atoms with Crippen molar-refractivity contribution in [3.8, 4) is 0 Å². The van der Waals surface area contributed by atoms with Gasteiger partial charge in [-0.3, -0.25) is 4.72 Å². The molecule has 0 bridgehead atoms. The summed E-state index contributed by atoms with van der Waals surface area (Å²) in [5, 5.41) is -0.670. The minimum atomic E-state index is -4.88. The molecule has 0 aromatic heterocycles. The first-order valence-corrected chi connectivity index (χ1v) is 11.3. The maximum Gasteiger partial charge on any atom is 0.417 e. The van der Waals surface area contributed by atoms with E-state index >= 15 is 0 Å². The number of sulfonamides is 1. The number of rotatable bonds is 6. The molecule has 2 aromatic rings. The summed E-state index contributed by atoms with van der Waals surface area (Å²) in [6.45, 7) is -0.219. The molecule has 0 aliphatic rings. The lowest BCUT2D eigenvalue weighted by molar-refractivity contribution is -0.137. The minimum absolute atomic E-state index is 0.0106. The van der Waals surface area contributed by atoms with E-state index < -0.39 is 57.9 Å². The Morgan fingerprint density at radius 2 is 1.64 bits per heavy atom. The number of anilines is 1. The largest absolute Gasteiger partial charge is 0.417 e. The lowest BCUT2D eigenvalue weighted by Crippen LogP contribution is -2.20. The van der Waals surface area contributed by atoms with Crippen molar-refractivity contribution in [2.75, 3.05) is 17.0 Å². The van der Waals surface area contributed by atoms with E-state index in [0.29, 0.717) is 6.07 Å². The molecule has 0 spiro atoms. The van der Waals surface area contributed by atoms with Gasteiger partial charge in [0.2, 0.25) is 0 Å². The summed E-state index contributed by atoms with van der Waals surface area (Å²) in [4.78, 5) is -1.16. The van der Waals surface area contributed by atoms with Gasteiger partial charge in [0.25, 0.3) is 10.0 Å². The van der Waals surface area contributed by atoms with Gasteiger partial charge in [-0.1, -0.05) is 23.2 Å². The van der Waals surface area contributed by atoms with Gasteiger partial charge in [0.05, 0.1) is 31.8 Å². The van der Waals surface area contributed by atoms with Crippen molar-refractivity contribution < 1.29 is 30.0 Å². The molecular formula is C15H13Cl2F3N2O4S2. The number of hydrogen-bond donors (Lipinski definition) is 2. The molecule has 0 heterocycles. The molecule has 2 rings (SSSR count). The van der Waals surface area contributed by atoms with E-state index in [1.165, 1.54) is 6.07 Å². The fourth-order valence-electron chi connectivity index (χ4n) is 2.21. The van der Waals surface area contributed by atoms with E-state index in [-0.39, 0.29) is 11.6 Å². The average Bonchev–Trinajstić information content (AvgIpc) is 2.53. The predicted octanol–water partition coefficient (Wildman–Crippen LogP) is 3.55. The molecule has 154 valence electrons. The SMILES string of the molecule is NCCS(=O)(=O)c1ccc(Cl)cc1NS(=O)(=O)c1ccc(Cl)c(C(F)(F)F)c1. The van der Waals surface area contributed by atoms with Crippen LogP contribution in [0.2, 0.25) is 10.0 Å². The fourth-order valence-corrected chi connectivity index (χ4v) is 5.02. The summed E-state index contributed by atoms with van der Waals surface area (Å²) in [5.41, 5.74) is 3.50. The van der Waals surface area contributed by atoms with E-state index in [1.54, 1.807) is 0 Å². The summed E-state index contributed by atoms with van der Waals surface area (Å²) >= 11 is 11.3. The third kappa shape index (κ3) is 5.09. The van der Waals surface area contributed by atoms with Crippen LogP contribution in [-0.2, 0) is 26.0 Å². The first-order valence-electron chi connectivity index (χ1n) is 7.40. The van der Waals surface area contributed by atoms with Gasteiger partial charge in [0, 0.05) is 11.6 Å². The Hall–Kier alpha value is -1.53. The van der Waals surface area contributed by atoms with Gasteiger partial charge in [-0.25, -0.2) is 16.8 Å². The van der Waals surface area contributed by atoms with Gasteiger partial charge < -0.3 is 5.73 Å². The molecule has 2 aromatic carbocycles. The third-order valence-corrected chi connectivity index (χ3v) is 7.19. The lowest BCUT2D eigenvalue weighted by Gasteiger charge is -2.15. The van der Waals surface area contributed by atoms with Crippen LogP contribution in [0.25, 0.3) is 0 Å². The van der Waals surface area contributed by atoms with Gasteiger partial charge in [-0.05, 0) is 36.4 Å². The molecule has 0 radical (unpaired) electrons. The second-order valence-electron chi connectivity index (χ2n) is 5.49. The van der Waals surface area contributed by atoms with Crippen LogP contribution >= 0.6 is 23.2 Å². The van der Waals surface area contributed by atoms with E-state index in [4.69, 9.17) is 28.9 Å². The van der Waals surface area contributed by atoms with Crippen molar-refractivity contribution in [2.45, 2.75) is 16.0 Å². The number of nitrogens with one attached hydrogen (secondary N) is 1. The van der Waals surface area contributed by atoms with Gasteiger partial charge in [-0.15, -0.1) is 0 Å². The van der Waals surface area contributed by atoms with Crippen molar-refractivity contribution in [1.82, 2.24) is 0 Å². The van der Waals surface area contributed by atoms with Crippen LogP contribution in [0, 0.1) is 0 Å². The molecule has 3 N–H and O–H groups in total. The van der Waals surface area contributed by atoms with E-state index in [0.717, 1.165) is 24.3 Å². The Morgan fingerprint density at radius 1 is 1.00 bits per heavy atom. The average molecular weight is 477 g/mol. The van der Waals surface area contributed by atoms with Crippen LogP contribution in [0.15, 0.2) is 46.2 Å². The summed E-state index contributed by atoms with van der Waals surface area (Å²) in [7, 11) is -8.55. The van der Waals surface area contributed by atoms with Crippen molar-refractivity contribution in [3.63, 3.8) is 0 Å². The van der Waals surface area contributed by atoms with Crippen LogP contribution in [0.1, 0.15) is 5.56 Å². The molecule has 0 saturated heterocycles. The standard InChI is InChI=1S/C15H13Cl2F3N2O4S2/c16-9-1-4-14(27(23,24)6-5-21)13(7-9)22-28(25,26)10-2-3-12(17)11(8-10)15(18,19)20/h1-4,7-8,22H,5-6,21H2. The molecule has 0 unspecified atom stereocenters. The highest BCUT2D eigenvalue weighted by atomic mass is 35.5. The first-order chi connectivity index (χ1) is 12.8. The molecule has 0 aliphatic carbocycles. The van der Waals surface area contributed by atoms with Crippen LogP contribution in [0.5, 0.6) is 0 Å². The fraction of sp³-hybridized carbons (Fsp3) is 0.200. The molecule has 0 amide bonds. The number of alkyl halides is 3. The second kappa shape index (κ2) is 8.07. The molecule has 6 nitrogen and oxygen atoms in total. The summed E-state index contributed by atoms with van der Waals surface area (Å²) in [5.74, 6) is -0.470. The van der Waals surface area contributed by atoms with Crippen LogP contribution < -0.4 is 10.5 Å². The Labute approximate surface area is 169 Å². The Kier molecular flexibility index (Phi) is 6.56. The first kappa shape index (κ1) is 22.8. The molecule has 13 heteroatoms. The molecule has 0 saturated carbocycles. The quantitative estimate of drug-likeness (QED) is 0.662. The Morgan fingerprint density at radius 3 is 2.21 bits per heavy atom. The molecule has 0 atom stereocenters. The highest BCUT2D eigenvalue weighted by Gasteiger charge is 2.34. The maximum atomic E-state index is 13.0. The van der Waals surface area contributed by atoms with Gasteiger partial charge in [-0.2, -0.15) is 13.2 Å². The lowest BCUT2D eigenvalue weighted by atomic mass is 10.2. The van der Waals surface area contributed by atoms with E-state index in [2.05, 4.69) is 0 Å². The normalized spacial score (nSPS) is 12.8. The van der Waals surface area contributed by atoms with Gasteiger partial charge in [0.15, 0.2) is 9.84 Å². The van der Waals surface area contributed by atoms with E-state index in [1.807, 2.05) is 4.72 Å². The number of halogens is 5. The number of benzene rings is 2. The zero-order valence-electron chi connectivity index (χ0n) is 13.8. The number of sulfone groups is 1. The summed E-state index contributed by atoms with van der Waals surface area (Å²) in [6, 6.07) is 5.33. The molecule has 0 aliphatic heterocycles. The highest BCUT2D eigenvalue weighted by Crippen LogP contribution is 2.36. The number of nitrogens with two attached hydrogens (primary N) is 1. The molecule has 0 fully saturated rings. The van der Waals surface area contributed by atoms with Gasteiger partial charge >= 0.3 is 6.18 Å².